The summed E-state index contributed by atoms with van der Waals surface area (Å²) < 4.78 is 17.8. The molecule has 0 saturated heterocycles. The van der Waals surface area contributed by atoms with Gasteiger partial charge in [0.2, 0.25) is 5.88 Å². The molecule has 1 aromatic heterocycles. The Labute approximate surface area is 78.8 Å². The van der Waals surface area contributed by atoms with Gasteiger partial charge in [-0.15, -0.1) is 0 Å². The predicted molar refractivity (Wildman–Crippen MR) is 51.4 cm³/mol. The maximum atomic E-state index is 12.8. The second-order valence-corrected chi connectivity index (χ2v) is 2.23. The molecular formula is C10H16FNO. The highest BCUT2D eigenvalue weighted by Crippen LogP contribution is 2.13. The highest BCUT2D eigenvalue weighted by Gasteiger charge is 2.02. The fourth-order valence-electron chi connectivity index (χ4n) is 0.764. The van der Waals surface area contributed by atoms with Gasteiger partial charge in [0.1, 0.15) is 0 Å². The third-order valence-corrected chi connectivity index (χ3v) is 1.23. The molecule has 0 saturated carbocycles. The Morgan fingerprint density at radius 3 is 2.54 bits per heavy atom. The van der Waals surface area contributed by atoms with Crippen molar-refractivity contribution in [2.24, 2.45) is 0 Å². The summed E-state index contributed by atoms with van der Waals surface area (Å²) in [6.45, 7) is 8.01. The number of rotatable bonds is 2. The van der Waals surface area contributed by atoms with Gasteiger partial charge in [-0.25, -0.2) is 9.37 Å². The van der Waals surface area contributed by atoms with E-state index in [1.165, 1.54) is 6.07 Å². The molecule has 13 heavy (non-hydrogen) atoms. The Morgan fingerprint density at radius 1 is 1.46 bits per heavy atom. The average molecular weight is 185 g/mol. The van der Waals surface area contributed by atoms with Crippen LogP contribution in [-0.4, -0.2) is 11.6 Å². The standard InChI is InChI=1S/C8H10FNO.C2H6/c1-3-11-8-7(9)4-6(2)5-10-8;1-2/h4-5H,3H2,1-2H3;1-2H3. The summed E-state index contributed by atoms with van der Waals surface area (Å²) in [5.74, 6) is -0.315. The van der Waals surface area contributed by atoms with Crippen LogP contribution in [0, 0.1) is 12.7 Å². The minimum Gasteiger partial charge on any atom is -0.476 e. The number of aryl methyl sites for hydroxylation is 1. The molecule has 3 heteroatoms. The van der Waals surface area contributed by atoms with Gasteiger partial charge in [0.25, 0.3) is 0 Å². The second-order valence-electron chi connectivity index (χ2n) is 2.23. The molecule has 0 radical (unpaired) electrons. The summed E-state index contributed by atoms with van der Waals surface area (Å²) in [5, 5.41) is 0. The maximum absolute atomic E-state index is 12.8. The van der Waals surface area contributed by atoms with Crippen molar-refractivity contribution in [3.63, 3.8) is 0 Å². The Balaban J connectivity index is 0.000000671. The minimum absolute atomic E-state index is 0.0816. The van der Waals surface area contributed by atoms with E-state index in [0.717, 1.165) is 5.56 Å². The monoisotopic (exact) mass is 185 g/mol. The van der Waals surface area contributed by atoms with Crippen LogP contribution in [0.2, 0.25) is 0 Å². The second kappa shape index (κ2) is 6.40. The van der Waals surface area contributed by atoms with E-state index in [9.17, 15) is 4.39 Å². The van der Waals surface area contributed by atoms with Crippen LogP contribution in [0.15, 0.2) is 12.3 Å². The topological polar surface area (TPSA) is 22.1 Å². The van der Waals surface area contributed by atoms with Gasteiger partial charge in [-0.1, -0.05) is 13.8 Å². The Kier molecular flexibility index (Phi) is 5.85. The first-order chi connectivity index (χ1) is 6.24. The summed E-state index contributed by atoms with van der Waals surface area (Å²) in [6.07, 6.45) is 1.58. The lowest BCUT2D eigenvalue weighted by Gasteiger charge is -2.02. The molecule has 2 nitrogen and oxygen atoms in total. The van der Waals surface area contributed by atoms with Gasteiger partial charge < -0.3 is 4.74 Å². The van der Waals surface area contributed by atoms with Crippen LogP contribution >= 0.6 is 0 Å². The molecule has 0 bridgehead atoms. The highest BCUT2D eigenvalue weighted by molar-refractivity contribution is 5.18. The van der Waals surface area contributed by atoms with Crippen LogP contribution in [0.5, 0.6) is 5.88 Å². The summed E-state index contributed by atoms with van der Waals surface area (Å²) in [5.41, 5.74) is 0.797. The van der Waals surface area contributed by atoms with E-state index in [-0.39, 0.29) is 5.88 Å². The first-order valence-corrected chi connectivity index (χ1v) is 4.49. The van der Waals surface area contributed by atoms with Crippen LogP contribution in [0.1, 0.15) is 26.3 Å². The lowest BCUT2D eigenvalue weighted by Crippen LogP contribution is -1.97. The lowest BCUT2D eigenvalue weighted by atomic mass is 10.3. The molecule has 0 atom stereocenters. The third kappa shape index (κ3) is 3.87. The Hall–Kier alpha value is -1.12. The van der Waals surface area contributed by atoms with Gasteiger partial charge in [-0.05, 0) is 25.5 Å². The van der Waals surface area contributed by atoms with E-state index in [4.69, 9.17) is 4.74 Å². The zero-order valence-corrected chi connectivity index (χ0v) is 8.60. The van der Waals surface area contributed by atoms with Crippen molar-refractivity contribution in [2.75, 3.05) is 6.61 Å². The number of hydrogen-bond acceptors (Lipinski definition) is 2. The SMILES string of the molecule is CC.CCOc1ncc(C)cc1F. The van der Waals surface area contributed by atoms with E-state index in [0.29, 0.717) is 6.61 Å². The van der Waals surface area contributed by atoms with E-state index >= 15 is 0 Å². The molecule has 0 aliphatic rings. The number of nitrogens with zero attached hydrogens (tertiary/aromatic N) is 1. The molecule has 74 valence electrons. The largest absolute Gasteiger partial charge is 0.476 e. The molecule has 0 aliphatic heterocycles. The highest BCUT2D eigenvalue weighted by atomic mass is 19.1. The average Bonchev–Trinajstić information content (AvgIpc) is 2.14. The van der Waals surface area contributed by atoms with Gasteiger partial charge in [0.15, 0.2) is 5.82 Å². The molecule has 0 aromatic carbocycles. The maximum Gasteiger partial charge on any atom is 0.250 e. The van der Waals surface area contributed by atoms with E-state index < -0.39 is 5.82 Å². The van der Waals surface area contributed by atoms with Gasteiger partial charge in [0.05, 0.1) is 6.61 Å². The van der Waals surface area contributed by atoms with Crippen LogP contribution in [0.4, 0.5) is 4.39 Å². The fraction of sp³-hybridized carbons (Fsp3) is 0.500. The molecule has 0 unspecified atom stereocenters. The van der Waals surface area contributed by atoms with E-state index in [2.05, 4.69) is 4.98 Å². The minimum atomic E-state index is -0.396. The molecule has 1 rings (SSSR count). The van der Waals surface area contributed by atoms with Crippen molar-refractivity contribution < 1.29 is 9.13 Å². The number of hydrogen-bond donors (Lipinski definition) is 0. The van der Waals surface area contributed by atoms with Gasteiger partial charge >= 0.3 is 0 Å². The Bertz CT molecular complexity index is 251. The van der Waals surface area contributed by atoms with Crippen molar-refractivity contribution in [3.05, 3.63) is 23.6 Å². The normalized spacial score (nSPS) is 8.69. The zero-order chi connectivity index (χ0) is 10.3. The first-order valence-electron chi connectivity index (χ1n) is 4.49. The molecule has 0 fully saturated rings. The van der Waals surface area contributed by atoms with Crippen molar-refractivity contribution in [1.29, 1.82) is 0 Å². The van der Waals surface area contributed by atoms with Gasteiger partial charge in [-0.3, -0.25) is 0 Å². The van der Waals surface area contributed by atoms with Crippen LogP contribution in [-0.2, 0) is 0 Å². The molecule has 1 heterocycles. The Morgan fingerprint density at radius 2 is 2.08 bits per heavy atom. The summed E-state index contributed by atoms with van der Waals surface area (Å²) in [7, 11) is 0. The molecule has 0 aliphatic carbocycles. The van der Waals surface area contributed by atoms with Crippen molar-refractivity contribution in [2.45, 2.75) is 27.7 Å². The number of pyridine rings is 1. The molecule has 0 amide bonds. The van der Waals surface area contributed by atoms with E-state index in [1.54, 1.807) is 20.0 Å². The van der Waals surface area contributed by atoms with Gasteiger partial charge in [-0.2, -0.15) is 0 Å². The fourth-order valence-corrected chi connectivity index (χ4v) is 0.764. The zero-order valence-electron chi connectivity index (χ0n) is 8.60. The quantitative estimate of drug-likeness (QED) is 0.706. The van der Waals surface area contributed by atoms with E-state index in [1.807, 2.05) is 13.8 Å². The summed E-state index contributed by atoms with van der Waals surface area (Å²) in [6, 6.07) is 1.40. The smallest absolute Gasteiger partial charge is 0.250 e. The molecule has 0 N–H and O–H groups in total. The number of ether oxygens (including phenoxy) is 1. The molecular weight excluding hydrogens is 169 g/mol. The molecule has 0 spiro atoms. The van der Waals surface area contributed by atoms with Crippen molar-refractivity contribution >= 4 is 0 Å². The summed E-state index contributed by atoms with van der Waals surface area (Å²) in [4.78, 5) is 3.77. The van der Waals surface area contributed by atoms with Crippen molar-refractivity contribution in [3.8, 4) is 5.88 Å². The van der Waals surface area contributed by atoms with Crippen LogP contribution in [0.25, 0.3) is 0 Å². The number of halogens is 1. The summed E-state index contributed by atoms with van der Waals surface area (Å²) >= 11 is 0. The van der Waals surface area contributed by atoms with Crippen LogP contribution in [0.3, 0.4) is 0 Å². The van der Waals surface area contributed by atoms with Crippen molar-refractivity contribution in [1.82, 2.24) is 4.98 Å². The lowest BCUT2D eigenvalue weighted by molar-refractivity contribution is 0.307. The van der Waals surface area contributed by atoms with Crippen LogP contribution < -0.4 is 4.74 Å². The molecule has 1 aromatic rings. The number of aromatic nitrogens is 1. The van der Waals surface area contributed by atoms with Gasteiger partial charge in [0, 0.05) is 6.20 Å². The third-order valence-electron chi connectivity index (χ3n) is 1.23. The predicted octanol–water partition coefficient (Wildman–Crippen LogP) is 2.95. The first kappa shape index (κ1) is 11.9.